The molecule has 2 aliphatic rings. The Kier molecular flexibility index (Phi) is 7.95. The molecule has 0 spiro atoms. The van der Waals surface area contributed by atoms with Gasteiger partial charge in [-0.3, -0.25) is 5.43 Å². The van der Waals surface area contributed by atoms with Crippen LogP contribution in [0, 0.1) is 0 Å². The molecule has 17 heteroatoms. The van der Waals surface area contributed by atoms with E-state index in [0.717, 1.165) is 12.1 Å². The Bertz CT molecular complexity index is 1310. The maximum absolute atomic E-state index is 13.7. The van der Waals surface area contributed by atoms with Crippen LogP contribution in [0.3, 0.4) is 0 Å². The fourth-order valence-corrected chi connectivity index (χ4v) is 4.33. The number of alkyl halides is 9. The summed E-state index contributed by atoms with van der Waals surface area (Å²) in [5.41, 5.74) is -0.768. The Hall–Kier alpha value is -3.18. The zero-order valence-electron chi connectivity index (χ0n) is 23.0. The Balaban J connectivity index is 1.80. The second kappa shape index (κ2) is 10.5. The first kappa shape index (κ1) is 31.8. The number of nitrogens with one attached hydrogen (secondary N) is 2. The summed E-state index contributed by atoms with van der Waals surface area (Å²) in [6.07, 6.45) is -14.9. The average Bonchev–Trinajstić information content (AvgIpc) is 3.35. The van der Waals surface area contributed by atoms with Crippen molar-refractivity contribution >= 4 is 18.5 Å². The highest BCUT2D eigenvalue weighted by atomic mass is 19.4. The van der Waals surface area contributed by atoms with E-state index in [1.807, 2.05) is 0 Å². The number of hydrogen-bond acceptors (Lipinski definition) is 7. The number of nitrogens with zero attached hydrogens (tertiary/aromatic N) is 3. The van der Waals surface area contributed by atoms with Gasteiger partial charge in [-0.05, 0) is 68.6 Å². The minimum atomic E-state index is -5.09. The van der Waals surface area contributed by atoms with Crippen molar-refractivity contribution in [3.63, 3.8) is 0 Å². The maximum Gasteiger partial charge on any atom is 0.495 e. The lowest BCUT2D eigenvalue weighted by atomic mass is 9.75. The van der Waals surface area contributed by atoms with Crippen molar-refractivity contribution < 1.29 is 48.8 Å². The van der Waals surface area contributed by atoms with Gasteiger partial charge in [-0.1, -0.05) is 12.1 Å². The fourth-order valence-electron chi connectivity index (χ4n) is 4.33. The third-order valence-corrected chi connectivity index (χ3v) is 7.23. The average molecular weight is 611 g/mol. The SMILES string of the molecule is CN1NN=C(N(Cc2cc(C(F)(F)F)cc(C(F)(F)F)c2)Cc2cc(C(F)(F)F)ccc2B2OC(C)(C)C(C)(C)O2)N1. The zero-order valence-corrected chi connectivity index (χ0v) is 23.0. The highest BCUT2D eigenvalue weighted by Crippen LogP contribution is 2.39. The molecule has 0 bridgehead atoms. The van der Waals surface area contributed by atoms with Crippen molar-refractivity contribution in [3.8, 4) is 0 Å². The minimum Gasteiger partial charge on any atom is -0.399 e. The van der Waals surface area contributed by atoms with E-state index < -0.39 is 72.2 Å². The van der Waals surface area contributed by atoms with Crippen molar-refractivity contribution in [2.75, 3.05) is 7.05 Å². The summed E-state index contributed by atoms with van der Waals surface area (Å²) >= 11 is 0. The van der Waals surface area contributed by atoms with Gasteiger partial charge in [0.25, 0.3) is 0 Å². The monoisotopic (exact) mass is 611 g/mol. The van der Waals surface area contributed by atoms with Crippen molar-refractivity contribution in [3.05, 3.63) is 64.2 Å². The van der Waals surface area contributed by atoms with Crippen LogP contribution in [0.25, 0.3) is 0 Å². The minimum absolute atomic E-state index is 0.00229. The standard InChI is InChI=1S/C25H27BF9N5O2/c1-21(2)22(3,4)42-26(41-21)19-7-6-16(23(27,28)29)10-15(19)13-40(20-36-38-39(5)37-20)12-14-8-17(24(30,31)32)11-18(9-14)25(33,34)35/h6-11,38H,12-13H2,1-5H3,(H,36,37). The molecule has 0 radical (unpaired) electrons. The van der Waals surface area contributed by atoms with Crippen LogP contribution in [0.15, 0.2) is 41.5 Å². The number of hydrazone groups is 1. The van der Waals surface area contributed by atoms with Gasteiger partial charge < -0.3 is 14.2 Å². The molecule has 230 valence electrons. The molecule has 7 nitrogen and oxygen atoms in total. The summed E-state index contributed by atoms with van der Waals surface area (Å²) < 4.78 is 134. The third kappa shape index (κ3) is 6.73. The van der Waals surface area contributed by atoms with Gasteiger partial charge in [-0.15, -0.1) is 10.2 Å². The quantitative estimate of drug-likeness (QED) is 0.355. The smallest absolute Gasteiger partial charge is 0.399 e. The molecule has 0 aliphatic carbocycles. The number of benzene rings is 2. The summed E-state index contributed by atoms with van der Waals surface area (Å²) in [6, 6.07) is 3.97. The Morgan fingerprint density at radius 3 is 1.76 bits per heavy atom. The molecule has 1 saturated heterocycles. The van der Waals surface area contributed by atoms with Crippen LogP contribution >= 0.6 is 0 Å². The summed E-state index contributed by atoms with van der Waals surface area (Å²) in [7, 11) is 0.361. The van der Waals surface area contributed by atoms with Crippen LogP contribution in [0.1, 0.15) is 55.5 Å². The molecule has 2 N–H and O–H groups in total. The van der Waals surface area contributed by atoms with Crippen molar-refractivity contribution in [2.24, 2.45) is 5.10 Å². The maximum atomic E-state index is 13.7. The van der Waals surface area contributed by atoms with E-state index in [1.54, 1.807) is 27.7 Å². The summed E-state index contributed by atoms with van der Waals surface area (Å²) in [5, 5.41) is 5.21. The molecule has 2 aromatic carbocycles. The van der Waals surface area contributed by atoms with E-state index in [0.29, 0.717) is 12.1 Å². The normalized spacial score (nSPS) is 19.0. The molecule has 42 heavy (non-hydrogen) atoms. The number of hydrogen-bond donors (Lipinski definition) is 2. The van der Waals surface area contributed by atoms with Crippen LogP contribution in [0.2, 0.25) is 0 Å². The lowest BCUT2D eigenvalue weighted by molar-refractivity contribution is -0.143. The third-order valence-electron chi connectivity index (χ3n) is 7.23. The molecular weight excluding hydrogens is 584 g/mol. The number of guanidine groups is 1. The summed E-state index contributed by atoms with van der Waals surface area (Å²) in [6.45, 7) is 5.96. The van der Waals surface area contributed by atoms with Crippen LogP contribution in [-0.2, 0) is 40.9 Å². The Morgan fingerprint density at radius 1 is 0.786 bits per heavy atom. The number of halogens is 9. The molecule has 0 aromatic heterocycles. The van der Waals surface area contributed by atoms with Gasteiger partial charge in [0.15, 0.2) is 0 Å². The van der Waals surface area contributed by atoms with Gasteiger partial charge in [-0.2, -0.15) is 39.5 Å². The largest absolute Gasteiger partial charge is 0.495 e. The summed E-state index contributed by atoms with van der Waals surface area (Å²) in [5.74, 6) is -0.0687. The topological polar surface area (TPSA) is 61.4 Å². The number of hydrazine groups is 2. The molecule has 0 amide bonds. The predicted octanol–water partition coefficient (Wildman–Crippen LogP) is 5.27. The van der Waals surface area contributed by atoms with Gasteiger partial charge >= 0.3 is 25.6 Å². The number of rotatable bonds is 5. The van der Waals surface area contributed by atoms with Crippen LogP contribution < -0.4 is 16.4 Å². The van der Waals surface area contributed by atoms with E-state index in [4.69, 9.17) is 9.31 Å². The van der Waals surface area contributed by atoms with Gasteiger partial charge in [0.1, 0.15) is 0 Å². The van der Waals surface area contributed by atoms with E-state index in [1.165, 1.54) is 23.1 Å². The Labute approximate surface area is 235 Å². The highest BCUT2D eigenvalue weighted by Gasteiger charge is 2.52. The molecular formula is C25H27BF9N5O2. The highest BCUT2D eigenvalue weighted by molar-refractivity contribution is 6.62. The molecule has 2 heterocycles. The van der Waals surface area contributed by atoms with Gasteiger partial charge in [0.2, 0.25) is 5.96 Å². The molecule has 4 rings (SSSR count). The first-order valence-electron chi connectivity index (χ1n) is 12.5. The van der Waals surface area contributed by atoms with E-state index in [-0.39, 0.29) is 23.1 Å². The van der Waals surface area contributed by atoms with Crippen molar-refractivity contribution in [1.82, 2.24) is 21.0 Å². The summed E-state index contributed by atoms with van der Waals surface area (Å²) in [4.78, 5) is 1.20. The van der Waals surface area contributed by atoms with Gasteiger partial charge in [0.05, 0.1) is 27.9 Å². The molecule has 0 unspecified atom stereocenters. The molecule has 2 aliphatic heterocycles. The predicted molar refractivity (Wildman–Crippen MR) is 134 cm³/mol. The lowest BCUT2D eigenvalue weighted by Gasteiger charge is -2.32. The second-order valence-corrected chi connectivity index (χ2v) is 11.0. The van der Waals surface area contributed by atoms with Crippen molar-refractivity contribution in [2.45, 2.75) is 70.5 Å². The zero-order chi connectivity index (χ0) is 31.5. The first-order chi connectivity index (χ1) is 19.1. The van der Waals surface area contributed by atoms with E-state index >= 15 is 0 Å². The van der Waals surface area contributed by atoms with Gasteiger partial charge in [0, 0.05) is 20.1 Å². The van der Waals surface area contributed by atoms with Crippen LogP contribution in [0.4, 0.5) is 39.5 Å². The molecule has 0 atom stereocenters. The van der Waals surface area contributed by atoms with Crippen molar-refractivity contribution in [1.29, 1.82) is 0 Å². The molecule has 2 aromatic rings. The fraction of sp³-hybridized carbons (Fsp3) is 0.480. The molecule has 1 fully saturated rings. The Morgan fingerprint density at radius 2 is 1.31 bits per heavy atom. The van der Waals surface area contributed by atoms with E-state index in [9.17, 15) is 39.5 Å². The van der Waals surface area contributed by atoms with Crippen LogP contribution in [-0.4, -0.2) is 41.3 Å². The lowest BCUT2D eigenvalue weighted by Crippen LogP contribution is -2.46. The van der Waals surface area contributed by atoms with E-state index in [2.05, 4.69) is 16.1 Å². The molecule has 0 saturated carbocycles. The van der Waals surface area contributed by atoms with Crippen LogP contribution in [0.5, 0.6) is 0 Å². The second-order valence-electron chi connectivity index (χ2n) is 11.0. The first-order valence-corrected chi connectivity index (χ1v) is 12.5. The van der Waals surface area contributed by atoms with Gasteiger partial charge in [-0.25, -0.2) is 5.53 Å².